The van der Waals surface area contributed by atoms with Crippen LogP contribution in [-0.2, 0) is 16.0 Å². The Balaban J connectivity index is 1.42. The molecule has 24 heavy (non-hydrogen) atoms. The summed E-state index contributed by atoms with van der Waals surface area (Å²) in [6.07, 6.45) is 7.94. The molecule has 3 rings (SSSR count). The van der Waals surface area contributed by atoms with Crippen LogP contribution in [0.5, 0.6) is 0 Å². The summed E-state index contributed by atoms with van der Waals surface area (Å²) in [5.74, 6) is 0.651. The van der Waals surface area contributed by atoms with E-state index >= 15 is 0 Å². The Morgan fingerprint density at radius 1 is 0.958 bits per heavy atom. The van der Waals surface area contributed by atoms with Crippen molar-refractivity contribution in [1.29, 1.82) is 0 Å². The third-order valence-electron chi connectivity index (χ3n) is 5.37. The van der Waals surface area contributed by atoms with Gasteiger partial charge in [-0.15, -0.1) is 0 Å². The van der Waals surface area contributed by atoms with Crippen molar-refractivity contribution in [2.75, 3.05) is 13.1 Å². The number of nitrogens with zero attached hydrogens (tertiary/aromatic N) is 1. The number of hydrogen-bond acceptors (Lipinski definition) is 2. The first-order valence-electron chi connectivity index (χ1n) is 9.34. The number of nitrogens with one attached hydrogen (secondary N) is 1. The van der Waals surface area contributed by atoms with Gasteiger partial charge in [0.25, 0.3) is 0 Å². The van der Waals surface area contributed by atoms with Crippen LogP contribution in [0.1, 0.15) is 50.5 Å². The fourth-order valence-electron chi connectivity index (χ4n) is 3.84. The maximum Gasteiger partial charge on any atom is 0.226 e. The summed E-state index contributed by atoms with van der Waals surface area (Å²) in [5.41, 5.74) is 1.07. The van der Waals surface area contributed by atoms with Crippen molar-refractivity contribution >= 4 is 11.8 Å². The first-order chi connectivity index (χ1) is 11.7. The summed E-state index contributed by atoms with van der Waals surface area (Å²) in [6, 6.07) is 10.1. The van der Waals surface area contributed by atoms with Crippen LogP contribution < -0.4 is 5.32 Å². The number of rotatable bonds is 4. The molecule has 0 atom stereocenters. The molecule has 0 aromatic heterocycles. The van der Waals surface area contributed by atoms with Crippen LogP contribution in [0.2, 0.25) is 0 Å². The molecule has 130 valence electrons. The molecule has 2 fully saturated rings. The van der Waals surface area contributed by atoms with Crippen molar-refractivity contribution in [3.8, 4) is 0 Å². The number of carbonyl (C=O) groups is 2. The van der Waals surface area contributed by atoms with Gasteiger partial charge in [-0.25, -0.2) is 0 Å². The van der Waals surface area contributed by atoms with Crippen LogP contribution in [-0.4, -0.2) is 35.8 Å². The van der Waals surface area contributed by atoms with Crippen molar-refractivity contribution in [2.24, 2.45) is 5.92 Å². The molecule has 1 N–H and O–H groups in total. The largest absolute Gasteiger partial charge is 0.353 e. The molecular weight excluding hydrogens is 300 g/mol. The Labute approximate surface area is 144 Å². The van der Waals surface area contributed by atoms with E-state index in [0.717, 1.165) is 44.3 Å². The van der Waals surface area contributed by atoms with Gasteiger partial charge in [0, 0.05) is 25.0 Å². The van der Waals surface area contributed by atoms with Crippen molar-refractivity contribution in [1.82, 2.24) is 10.2 Å². The van der Waals surface area contributed by atoms with Crippen molar-refractivity contribution in [2.45, 2.75) is 57.4 Å². The van der Waals surface area contributed by atoms with Crippen LogP contribution in [0.25, 0.3) is 0 Å². The van der Waals surface area contributed by atoms with Crippen LogP contribution in [0.4, 0.5) is 0 Å². The molecule has 4 nitrogen and oxygen atoms in total. The van der Waals surface area contributed by atoms with Gasteiger partial charge >= 0.3 is 0 Å². The Morgan fingerprint density at radius 3 is 2.29 bits per heavy atom. The molecule has 0 bridgehead atoms. The predicted octanol–water partition coefficient (Wildman–Crippen LogP) is 2.92. The lowest BCUT2D eigenvalue weighted by molar-refractivity contribution is -0.131. The maximum atomic E-state index is 12.4. The van der Waals surface area contributed by atoms with Crippen molar-refractivity contribution in [3.63, 3.8) is 0 Å². The molecule has 0 radical (unpaired) electrons. The molecule has 2 aliphatic rings. The highest BCUT2D eigenvalue weighted by Crippen LogP contribution is 2.24. The van der Waals surface area contributed by atoms with Gasteiger partial charge in [-0.2, -0.15) is 0 Å². The lowest BCUT2D eigenvalue weighted by atomic mass is 9.88. The molecule has 1 saturated heterocycles. The molecule has 1 aromatic carbocycles. The molecule has 4 heteroatoms. The number of benzene rings is 1. The van der Waals surface area contributed by atoms with E-state index in [-0.39, 0.29) is 23.8 Å². The predicted molar refractivity (Wildman–Crippen MR) is 94.5 cm³/mol. The average molecular weight is 328 g/mol. The molecule has 0 unspecified atom stereocenters. The Bertz CT molecular complexity index is 544. The molecule has 0 spiro atoms. The smallest absolute Gasteiger partial charge is 0.226 e. The molecule has 1 aliphatic carbocycles. The second-order valence-electron chi connectivity index (χ2n) is 7.16. The van der Waals surface area contributed by atoms with Gasteiger partial charge in [-0.05, 0) is 31.2 Å². The van der Waals surface area contributed by atoms with E-state index in [0.29, 0.717) is 6.42 Å². The average Bonchev–Trinajstić information content (AvgIpc) is 2.64. The minimum Gasteiger partial charge on any atom is -0.353 e. The fraction of sp³-hybridized carbons (Fsp3) is 0.600. The fourth-order valence-corrected chi connectivity index (χ4v) is 3.84. The highest BCUT2D eigenvalue weighted by atomic mass is 16.2. The van der Waals surface area contributed by atoms with E-state index in [4.69, 9.17) is 0 Å². The Kier molecular flexibility index (Phi) is 5.89. The van der Waals surface area contributed by atoms with Gasteiger partial charge in [0.2, 0.25) is 11.8 Å². The van der Waals surface area contributed by atoms with Crippen molar-refractivity contribution in [3.05, 3.63) is 35.9 Å². The lowest BCUT2D eigenvalue weighted by Gasteiger charge is -2.33. The number of piperidine rings is 1. The lowest BCUT2D eigenvalue weighted by Crippen LogP contribution is -2.48. The van der Waals surface area contributed by atoms with E-state index < -0.39 is 0 Å². The zero-order valence-corrected chi connectivity index (χ0v) is 14.4. The third kappa shape index (κ3) is 4.59. The summed E-state index contributed by atoms with van der Waals surface area (Å²) in [6.45, 7) is 1.50. The second-order valence-corrected chi connectivity index (χ2v) is 7.16. The normalized spacial score (nSPS) is 19.9. The Hall–Kier alpha value is -1.84. The zero-order valence-electron chi connectivity index (χ0n) is 14.4. The first-order valence-corrected chi connectivity index (χ1v) is 9.34. The van der Waals surface area contributed by atoms with Gasteiger partial charge in [-0.1, -0.05) is 49.6 Å². The highest BCUT2D eigenvalue weighted by Gasteiger charge is 2.27. The Morgan fingerprint density at radius 2 is 1.62 bits per heavy atom. The SMILES string of the molecule is O=C(NC1CCN(C(=O)Cc2ccccc2)CC1)C1CCCCC1. The van der Waals surface area contributed by atoms with E-state index in [1.807, 2.05) is 35.2 Å². The topological polar surface area (TPSA) is 49.4 Å². The van der Waals surface area contributed by atoms with Crippen LogP contribution >= 0.6 is 0 Å². The van der Waals surface area contributed by atoms with E-state index in [1.54, 1.807) is 0 Å². The summed E-state index contributed by atoms with van der Waals surface area (Å²) >= 11 is 0. The number of carbonyl (C=O) groups excluding carboxylic acids is 2. The van der Waals surface area contributed by atoms with Crippen molar-refractivity contribution < 1.29 is 9.59 Å². The quantitative estimate of drug-likeness (QED) is 0.924. The molecule has 1 heterocycles. The molecular formula is C20H28N2O2. The van der Waals surface area contributed by atoms with E-state index in [9.17, 15) is 9.59 Å². The molecule has 1 aliphatic heterocycles. The van der Waals surface area contributed by atoms with Gasteiger partial charge < -0.3 is 10.2 Å². The summed E-state index contributed by atoms with van der Waals surface area (Å²) in [7, 11) is 0. The third-order valence-corrected chi connectivity index (χ3v) is 5.37. The van der Waals surface area contributed by atoms with E-state index in [1.165, 1.54) is 19.3 Å². The standard InChI is InChI=1S/C20H28N2O2/c23-19(15-16-7-3-1-4-8-16)22-13-11-18(12-14-22)21-20(24)17-9-5-2-6-10-17/h1,3-4,7-8,17-18H,2,5-6,9-15H2,(H,21,24). The highest BCUT2D eigenvalue weighted by molar-refractivity contribution is 5.80. The van der Waals surface area contributed by atoms with Crippen LogP contribution in [0.3, 0.4) is 0 Å². The van der Waals surface area contributed by atoms with E-state index in [2.05, 4.69) is 5.32 Å². The first kappa shape index (κ1) is 17.0. The maximum absolute atomic E-state index is 12.4. The zero-order chi connectivity index (χ0) is 16.8. The minimum atomic E-state index is 0.193. The second kappa shape index (κ2) is 8.32. The molecule has 1 saturated carbocycles. The van der Waals surface area contributed by atoms with Gasteiger partial charge in [0.05, 0.1) is 6.42 Å². The summed E-state index contributed by atoms with van der Waals surface area (Å²) in [5, 5.41) is 3.22. The summed E-state index contributed by atoms with van der Waals surface area (Å²) < 4.78 is 0. The van der Waals surface area contributed by atoms with Crippen LogP contribution in [0.15, 0.2) is 30.3 Å². The number of hydrogen-bond donors (Lipinski definition) is 1. The van der Waals surface area contributed by atoms with Gasteiger partial charge in [0.1, 0.15) is 0 Å². The monoisotopic (exact) mass is 328 g/mol. The van der Waals surface area contributed by atoms with Crippen LogP contribution in [0, 0.1) is 5.92 Å². The van der Waals surface area contributed by atoms with Gasteiger partial charge in [-0.3, -0.25) is 9.59 Å². The minimum absolute atomic E-state index is 0.193. The number of likely N-dealkylation sites (tertiary alicyclic amines) is 1. The van der Waals surface area contributed by atoms with Gasteiger partial charge in [0.15, 0.2) is 0 Å². The molecule has 2 amide bonds. The number of amides is 2. The summed E-state index contributed by atoms with van der Waals surface area (Å²) in [4.78, 5) is 26.7. The molecule has 1 aromatic rings.